The highest BCUT2D eigenvalue weighted by atomic mass is 32.2. The number of carboxylic acids is 2. The number of carbonyl (C=O) groups excluding carboxylic acids is 1. The molecule has 1 aliphatic rings. The van der Waals surface area contributed by atoms with E-state index in [9.17, 15) is 24.6 Å². The van der Waals surface area contributed by atoms with Gasteiger partial charge in [0.1, 0.15) is 5.76 Å². The molecule has 27 heavy (non-hydrogen) atoms. The molecule has 7 nitrogen and oxygen atoms in total. The average molecular weight is 401 g/mol. The molecule has 0 unspecified atom stereocenters. The molecule has 2 N–H and O–H groups in total. The van der Waals surface area contributed by atoms with Gasteiger partial charge in [0.15, 0.2) is 4.32 Å². The number of hydrogen-bond acceptors (Lipinski definition) is 6. The minimum Gasteiger partial charge on any atom is -0.478 e. The van der Waals surface area contributed by atoms with Crippen molar-refractivity contribution in [3.63, 3.8) is 0 Å². The molecule has 2 aromatic rings. The standard InChI is InChI=1S/C18H11NO6S2/c20-15-14(5-1-3-13-4-2-6-25-13)27-18(26)19(15)12-8-10(16(21)22)7-11(9-12)17(23)24/h1-9H,(H,21,22)(H,23,24)/b3-1+,14-5+. The van der Waals surface area contributed by atoms with Crippen LogP contribution in [0.1, 0.15) is 26.5 Å². The zero-order chi connectivity index (χ0) is 19.6. The Balaban J connectivity index is 1.93. The average Bonchev–Trinajstić information content (AvgIpc) is 3.23. The van der Waals surface area contributed by atoms with Crippen LogP contribution in [0, 0.1) is 0 Å². The SMILES string of the molecule is O=C(O)c1cc(C(=O)O)cc(N2C(=O)/C(=C\C=C\c3ccco3)SC2=S)c1. The first-order chi connectivity index (χ1) is 12.9. The van der Waals surface area contributed by atoms with Crippen molar-refractivity contribution < 1.29 is 29.0 Å². The zero-order valence-corrected chi connectivity index (χ0v) is 15.1. The lowest BCUT2D eigenvalue weighted by Crippen LogP contribution is -2.28. The molecule has 1 saturated heterocycles. The van der Waals surface area contributed by atoms with E-state index in [4.69, 9.17) is 16.6 Å². The molecule has 1 aromatic carbocycles. The van der Waals surface area contributed by atoms with Crippen LogP contribution in [0.4, 0.5) is 5.69 Å². The Morgan fingerprint density at radius 2 is 1.81 bits per heavy atom. The van der Waals surface area contributed by atoms with Crippen LogP contribution >= 0.6 is 24.0 Å². The molecule has 0 radical (unpaired) electrons. The number of thioether (sulfide) groups is 1. The first kappa shape index (κ1) is 18.6. The minimum absolute atomic E-state index is 0.0909. The first-order valence-corrected chi connectivity index (χ1v) is 8.69. The number of amides is 1. The van der Waals surface area contributed by atoms with Gasteiger partial charge in [0.05, 0.1) is 28.0 Å². The van der Waals surface area contributed by atoms with Crippen molar-refractivity contribution in [3.8, 4) is 0 Å². The lowest BCUT2D eigenvalue weighted by Gasteiger charge is -2.16. The van der Waals surface area contributed by atoms with Gasteiger partial charge in [-0.3, -0.25) is 9.69 Å². The monoisotopic (exact) mass is 401 g/mol. The number of furan rings is 1. The number of hydrogen-bond donors (Lipinski definition) is 2. The summed E-state index contributed by atoms with van der Waals surface area (Å²) in [5, 5.41) is 18.4. The number of benzene rings is 1. The van der Waals surface area contributed by atoms with Gasteiger partial charge in [-0.15, -0.1) is 0 Å². The fraction of sp³-hybridized carbons (Fsp3) is 0. The molecule has 9 heteroatoms. The molecule has 1 fully saturated rings. The Kier molecular flexibility index (Phi) is 5.24. The van der Waals surface area contributed by atoms with Gasteiger partial charge >= 0.3 is 11.9 Å². The number of thiocarbonyl (C=S) groups is 1. The molecule has 1 amide bonds. The van der Waals surface area contributed by atoms with Crippen molar-refractivity contribution in [1.82, 2.24) is 0 Å². The van der Waals surface area contributed by atoms with Crippen LogP contribution in [-0.2, 0) is 4.79 Å². The predicted molar refractivity (Wildman–Crippen MR) is 104 cm³/mol. The molecule has 3 rings (SSSR count). The Bertz CT molecular complexity index is 975. The maximum Gasteiger partial charge on any atom is 0.335 e. The molecule has 136 valence electrons. The second-order valence-corrected chi connectivity index (χ2v) is 6.97. The summed E-state index contributed by atoms with van der Waals surface area (Å²) in [5.41, 5.74) is -0.408. The lowest BCUT2D eigenvalue weighted by atomic mass is 10.1. The highest BCUT2D eigenvalue weighted by Gasteiger charge is 2.33. The summed E-state index contributed by atoms with van der Waals surface area (Å²) in [6.45, 7) is 0. The highest BCUT2D eigenvalue weighted by molar-refractivity contribution is 8.27. The lowest BCUT2D eigenvalue weighted by molar-refractivity contribution is -0.113. The molecule has 1 aromatic heterocycles. The number of carbonyl (C=O) groups is 3. The maximum absolute atomic E-state index is 12.7. The van der Waals surface area contributed by atoms with Crippen molar-refractivity contribution in [1.29, 1.82) is 0 Å². The summed E-state index contributed by atoms with van der Waals surface area (Å²) in [7, 11) is 0. The number of nitrogens with zero attached hydrogens (tertiary/aromatic N) is 1. The summed E-state index contributed by atoms with van der Waals surface area (Å²) in [5.74, 6) is -2.46. The number of rotatable bonds is 5. The van der Waals surface area contributed by atoms with E-state index >= 15 is 0 Å². The van der Waals surface area contributed by atoms with E-state index in [2.05, 4.69) is 0 Å². The van der Waals surface area contributed by atoms with Crippen LogP contribution in [0.25, 0.3) is 6.08 Å². The Morgan fingerprint density at radius 1 is 1.15 bits per heavy atom. The molecule has 0 atom stereocenters. The van der Waals surface area contributed by atoms with Gasteiger partial charge in [0, 0.05) is 0 Å². The number of anilines is 1. The van der Waals surface area contributed by atoms with E-state index in [0.717, 1.165) is 22.7 Å². The molecule has 0 spiro atoms. The van der Waals surface area contributed by atoms with Crippen LogP contribution < -0.4 is 4.90 Å². The van der Waals surface area contributed by atoms with Gasteiger partial charge in [-0.2, -0.15) is 0 Å². The fourth-order valence-corrected chi connectivity index (χ4v) is 3.56. The van der Waals surface area contributed by atoms with Crippen LogP contribution in [0.5, 0.6) is 0 Å². The van der Waals surface area contributed by atoms with Gasteiger partial charge in [-0.05, 0) is 42.5 Å². The molecule has 2 heterocycles. The van der Waals surface area contributed by atoms with Crippen molar-refractivity contribution in [2.75, 3.05) is 4.90 Å². The van der Waals surface area contributed by atoms with Gasteiger partial charge in [0.25, 0.3) is 5.91 Å². The molecule has 0 saturated carbocycles. The fourth-order valence-electron chi connectivity index (χ4n) is 2.31. The second kappa shape index (κ2) is 7.60. The third-order valence-corrected chi connectivity index (χ3v) is 4.84. The smallest absolute Gasteiger partial charge is 0.335 e. The van der Waals surface area contributed by atoms with Crippen LogP contribution in [-0.4, -0.2) is 32.4 Å². The van der Waals surface area contributed by atoms with E-state index in [1.807, 2.05) is 0 Å². The molecule has 0 aliphatic carbocycles. The van der Waals surface area contributed by atoms with Crippen LogP contribution in [0.2, 0.25) is 0 Å². The second-order valence-electron chi connectivity index (χ2n) is 5.29. The van der Waals surface area contributed by atoms with Crippen molar-refractivity contribution in [2.24, 2.45) is 0 Å². The van der Waals surface area contributed by atoms with Crippen molar-refractivity contribution in [3.05, 3.63) is 70.5 Å². The van der Waals surface area contributed by atoms with E-state index < -0.39 is 17.8 Å². The Hall–Kier alpha value is -3.17. The largest absolute Gasteiger partial charge is 0.478 e. The summed E-state index contributed by atoms with van der Waals surface area (Å²) >= 11 is 6.25. The summed E-state index contributed by atoms with van der Waals surface area (Å²) in [6.07, 6.45) is 6.37. The molecule has 0 bridgehead atoms. The van der Waals surface area contributed by atoms with Gasteiger partial charge < -0.3 is 14.6 Å². The van der Waals surface area contributed by atoms with E-state index in [0.29, 0.717) is 10.7 Å². The number of carboxylic acid groups (broad SMARTS) is 2. The third kappa shape index (κ3) is 3.99. The van der Waals surface area contributed by atoms with Crippen molar-refractivity contribution in [2.45, 2.75) is 0 Å². The van der Waals surface area contributed by atoms with E-state index in [1.54, 1.807) is 30.4 Å². The van der Waals surface area contributed by atoms with Gasteiger partial charge in [-0.25, -0.2) is 9.59 Å². The Labute approximate surface area is 162 Å². The summed E-state index contributed by atoms with van der Waals surface area (Å²) < 4.78 is 5.33. The molecular weight excluding hydrogens is 390 g/mol. The Morgan fingerprint density at radius 3 is 2.37 bits per heavy atom. The quantitative estimate of drug-likeness (QED) is 0.577. The van der Waals surface area contributed by atoms with Crippen molar-refractivity contribution >= 4 is 57.9 Å². The number of allylic oxidation sites excluding steroid dienone is 2. The van der Waals surface area contributed by atoms with E-state index in [1.165, 1.54) is 18.4 Å². The zero-order valence-electron chi connectivity index (χ0n) is 13.5. The first-order valence-electron chi connectivity index (χ1n) is 7.46. The molecule has 1 aliphatic heterocycles. The summed E-state index contributed by atoms with van der Waals surface area (Å²) in [6, 6.07) is 6.92. The van der Waals surface area contributed by atoms with Crippen LogP contribution in [0.15, 0.2) is 58.1 Å². The maximum atomic E-state index is 12.7. The highest BCUT2D eigenvalue weighted by Crippen LogP contribution is 2.35. The topological polar surface area (TPSA) is 108 Å². The normalized spacial score (nSPS) is 15.9. The van der Waals surface area contributed by atoms with Gasteiger partial charge in [-0.1, -0.05) is 30.1 Å². The predicted octanol–water partition coefficient (Wildman–Crippen LogP) is 3.64. The molecular formula is C18H11NO6S2. The van der Waals surface area contributed by atoms with E-state index in [-0.39, 0.29) is 21.1 Å². The van der Waals surface area contributed by atoms with Gasteiger partial charge in [0.2, 0.25) is 0 Å². The van der Waals surface area contributed by atoms with Crippen LogP contribution in [0.3, 0.4) is 0 Å². The minimum atomic E-state index is -1.30. The third-order valence-electron chi connectivity index (χ3n) is 3.51. The summed E-state index contributed by atoms with van der Waals surface area (Å²) in [4.78, 5) is 36.6. The number of aromatic carboxylic acids is 2.